The van der Waals surface area contributed by atoms with E-state index in [0.29, 0.717) is 22.4 Å². The van der Waals surface area contributed by atoms with Crippen molar-refractivity contribution in [3.63, 3.8) is 0 Å². The molecular weight excluding hydrogens is 516 g/mol. The van der Waals surface area contributed by atoms with Gasteiger partial charge in [-0.25, -0.2) is 0 Å². The molecule has 1 heterocycles. The third-order valence-electron chi connectivity index (χ3n) is 7.19. The van der Waals surface area contributed by atoms with Gasteiger partial charge in [0.2, 0.25) is 0 Å². The van der Waals surface area contributed by atoms with Crippen molar-refractivity contribution < 1.29 is 4.74 Å². The van der Waals surface area contributed by atoms with E-state index in [2.05, 4.69) is 77.4 Å². The molecular formula is C34H39ClN4O. The fraction of sp³-hybridized carbons (Fsp3) is 0.324. The summed E-state index contributed by atoms with van der Waals surface area (Å²) in [7, 11) is 4.02. The molecule has 2 aromatic rings. The summed E-state index contributed by atoms with van der Waals surface area (Å²) in [6.07, 6.45) is 24.2. The van der Waals surface area contributed by atoms with E-state index in [0.717, 1.165) is 48.3 Å². The number of anilines is 1. The van der Waals surface area contributed by atoms with Crippen molar-refractivity contribution in [3.8, 4) is 5.75 Å². The number of aromatic nitrogens is 1. The van der Waals surface area contributed by atoms with Crippen molar-refractivity contribution in [2.45, 2.75) is 32.8 Å². The van der Waals surface area contributed by atoms with Crippen molar-refractivity contribution in [2.75, 3.05) is 32.5 Å². The van der Waals surface area contributed by atoms with E-state index in [9.17, 15) is 0 Å². The first kappa shape index (κ1) is 29.4. The molecule has 0 amide bonds. The van der Waals surface area contributed by atoms with Gasteiger partial charge < -0.3 is 20.4 Å². The lowest BCUT2D eigenvalue weighted by Gasteiger charge is -2.22. The average Bonchev–Trinajstić information content (AvgIpc) is 2.96. The Hall–Kier alpha value is -3.63. The second-order valence-electron chi connectivity index (χ2n) is 10.3. The summed E-state index contributed by atoms with van der Waals surface area (Å²) in [5, 5.41) is 12.6. The van der Waals surface area contributed by atoms with Crippen LogP contribution in [0.1, 0.15) is 43.1 Å². The summed E-state index contributed by atoms with van der Waals surface area (Å²) in [4.78, 5) is 6.56. The number of allylic oxidation sites excluding steroid dienone is 6. The zero-order valence-corrected chi connectivity index (χ0v) is 24.6. The Balaban J connectivity index is 1.40. The first-order chi connectivity index (χ1) is 19.4. The summed E-state index contributed by atoms with van der Waals surface area (Å²) in [6.45, 7) is 5.97. The van der Waals surface area contributed by atoms with Gasteiger partial charge in [-0.05, 0) is 68.6 Å². The molecule has 40 heavy (non-hydrogen) atoms. The van der Waals surface area contributed by atoms with Crippen LogP contribution >= 0.6 is 11.6 Å². The molecule has 0 radical (unpaired) electrons. The fourth-order valence-electron chi connectivity index (χ4n) is 5.09. The molecule has 1 aromatic carbocycles. The largest absolute Gasteiger partial charge is 0.486 e. The average molecular weight is 555 g/mol. The summed E-state index contributed by atoms with van der Waals surface area (Å²) in [5.74, 6) is 1.36. The molecule has 4 rings (SSSR count). The molecule has 0 saturated carbocycles. The molecule has 3 atom stereocenters. The van der Waals surface area contributed by atoms with Crippen LogP contribution in [0.4, 0.5) is 5.69 Å². The molecule has 208 valence electrons. The highest BCUT2D eigenvalue weighted by atomic mass is 35.5. The number of pyridine rings is 1. The van der Waals surface area contributed by atoms with Crippen LogP contribution in [0.25, 0.3) is 0 Å². The van der Waals surface area contributed by atoms with Gasteiger partial charge in [0.25, 0.3) is 0 Å². The van der Waals surface area contributed by atoms with Gasteiger partial charge in [-0.1, -0.05) is 61.1 Å². The van der Waals surface area contributed by atoms with E-state index >= 15 is 0 Å². The van der Waals surface area contributed by atoms with Crippen LogP contribution in [0.15, 0.2) is 96.6 Å². The summed E-state index contributed by atoms with van der Waals surface area (Å²) >= 11 is 6.47. The number of ether oxygens (including phenoxy) is 1. The van der Waals surface area contributed by atoms with Gasteiger partial charge in [0.15, 0.2) is 0 Å². The van der Waals surface area contributed by atoms with E-state index in [1.165, 1.54) is 5.57 Å². The molecule has 0 bridgehead atoms. The number of benzene rings is 1. The van der Waals surface area contributed by atoms with Gasteiger partial charge in [0.05, 0.1) is 10.7 Å². The highest BCUT2D eigenvalue weighted by Crippen LogP contribution is 2.32. The van der Waals surface area contributed by atoms with E-state index < -0.39 is 0 Å². The Morgan fingerprint density at radius 1 is 1.30 bits per heavy atom. The third kappa shape index (κ3) is 7.73. The Morgan fingerprint density at radius 2 is 2.15 bits per heavy atom. The van der Waals surface area contributed by atoms with Crippen LogP contribution in [0.3, 0.4) is 0 Å². The lowest BCUT2D eigenvalue weighted by Crippen LogP contribution is -2.27. The Morgan fingerprint density at radius 3 is 2.85 bits per heavy atom. The van der Waals surface area contributed by atoms with E-state index in [-0.39, 0.29) is 12.0 Å². The molecule has 0 fully saturated rings. The van der Waals surface area contributed by atoms with Crippen molar-refractivity contribution >= 4 is 23.0 Å². The maximum absolute atomic E-state index is 8.80. The maximum Gasteiger partial charge on any atom is 0.123 e. The standard InChI is InChI=1S/C34H39ClN4O/c1-5-28-20-38-21-31(35)34(28)24(2)40-29-16-18-33(37-3)30(19-29)32(36)17-15-25-11-13-27(14-12-25)23-39(4)22-26-9-7-6-8-10-26/h6-9,11-13,15-21,24-26,36-37H,5,10,22-23H2,1-4H3/b17-15+,36-32?. The van der Waals surface area contributed by atoms with Crippen molar-refractivity contribution in [2.24, 2.45) is 11.8 Å². The molecule has 5 nitrogen and oxygen atoms in total. The number of nitrogens with one attached hydrogen (secondary N) is 2. The monoisotopic (exact) mass is 554 g/mol. The molecule has 2 aliphatic rings. The predicted molar refractivity (Wildman–Crippen MR) is 168 cm³/mol. The van der Waals surface area contributed by atoms with Crippen LogP contribution in [0.5, 0.6) is 5.75 Å². The van der Waals surface area contributed by atoms with Gasteiger partial charge in [-0.15, -0.1) is 5.73 Å². The first-order valence-electron chi connectivity index (χ1n) is 13.9. The maximum atomic E-state index is 8.80. The number of nitrogens with zero attached hydrogens (tertiary/aromatic N) is 2. The van der Waals surface area contributed by atoms with E-state index in [1.807, 2.05) is 50.5 Å². The predicted octanol–water partition coefficient (Wildman–Crippen LogP) is 7.73. The minimum Gasteiger partial charge on any atom is -0.486 e. The number of hydrogen-bond donors (Lipinski definition) is 2. The highest BCUT2D eigenvalue weighted by molar-refractivity contribution is 6.31. The van der Waals surface area contributed by atoms with Crippen LogP contribution in [-0.4, -0.2) is 42.8 Å². The second-order valence-corrected chi connectivity index (χ2v) is 10.7. The summed E-state index contributed by atoms with van der Waals surface area (Å²) in [6, 6.07) is 5.77. The Labute approximate surface area is 243 Å². The first-order valence-corrected chi connectivity index (χ1v) is 14.3. The van der Waals surface area contributed by atoms with Crippen LogP contribution in [-0.2, 0) is 6.42 Å². The number of likely N-dealkylation sites (N-methyl/N-ethyl adjacent to an activating group) is 1. The number of hydrogen-bond acceptors (Lipinski definition) is 5. The third-order valence-corrected chi connectivity index (χ3v) is 7.50. The number of halogens is 1. The van der Waals surface area contributed by atoms with Crippen LogP contribution in [0, 0.1) is 17.2 Å². The minimum atomic E-state index is -0.253. The van der Waals surface area contributed by atoms with Gasteiger partial charge in [-0.2, -0.15) is 0 Å². The van der Waals surface area contributed by atoms with Gasteiger partial charge in [0, 0.05) is 60.8 Å². The smallest absolute Gasteiger partial charge is 0.123 e. The molecule has 3 unspecified atom stereocenters. The molecule has 2 aliphatic carbocycles. The molecule has 2 N–H and O–H groups in total. The Bertz CT molecular complexity index is 1400. The van der Waals surface area contributed by atoms with Gasteiger partial charge >= 0.3 is 0 Å². The molecule has 0 saturated heterocycles. The second kappa shape index (κ2) is 14.1. The Kier molecular flexibility index (Phi) is 10.4. The quantitative estimate of drug-likeness (QED) is 0.208. The summed E-state index contributed by atoms with van der Waals surface area (Å²) < 4.78 is 6.30. The molecule has 0 spiro atoms. The zero-order chi connectivity index (χ0) is 28.5. The van der Waals surface area contributed by atoms with E-state index in [4.69, 9.17) is 21.7 Å². The zero-order valence-electron chi connectivity index (χ0n) is 23.8. The topological polar surface area (TPSA) is 61.2 Å². The molecule has 0 aliphatic heterocycles. The molecule has 1 aromatic heterocycles. The summed E-state index contributed by atoms with van der Waals surface area (Å²) in [5.41, 5.74) is 8.69. The lowest BCUT2D eigenvalue weighted by molar-refractivity contribution is 0.226. The van der Waals surface area contributed by atoms with Crippen LogP contribution in [0.2, 0.25) is 5.02 Å². The lowest BCUT2D eigenvalue weighted by atomic mass is 9.98. The van der Waals surface area contributed by atoms with E-state index in [1.54, 1.807) is 6.20 Å². The number of aryl methyl sites for hydroxylation is 1. The van der Waals surface area contributed by atoms with Gasteiger partial charge in [0.1, 0.15) is 11.9 Å². The van der Waals surface area contributed by atoms with Crippen molar-refractivity contribution in [1.29, 1.82) is 5.41 Å². The SMILES string of the molecule is CCc1cncc(Cl)c1C(C)Oc1ccc(NC)c(C(=N)/C=C/C2C=C=C(CN(C)CC3C=CC=CC3)C=C2)c1. The molecule has 6 heteroatoms. The van der Waals surface area contributed by atoms with Crippen LogP contribution < -0.4 is 10.1 Å². The normalized spacial score (nSPS) is 18.8. The highest BCUT2D eigenvalue weighted by Gasteiger charge is 2.17. The number of rotatable bonds is 12. The van der Waals surface area contributed by atoms with Gasteiger partial charge in [-0.3, -0.25) is 4.98 Å². The fourth-order valence-corrected chi connectivity index (χ4v) is 5.43. The van der Waals surface area contributed by atoms with Crippen molar-refractivity contribution in [3.05, 3.63) is 118 Å². The van der Waals surface area contributed by atoms with Crippen molar-refractivity contribution in [1.82, 2.24) is 9.88 Å². The minimum absolute atomic E-state index is 0.0969.